The predicted octanol–water partition coefficient (Wildman–Crippen LogP) is 2.86. The Bertz CT molecular complexity index is 330. The molecule has 0 heterocycles. The lowest BCUT2D eigenvalue weighted by molar-refractivity contribution is -0.138. The van der Waals surface area contributed by atoms with Gasteiger partial charge in [-0.25, -0.2) is 4.39 Å². The minimum atomic E-state index is -4.49. The lowest BCUT2D eigenvalue weighted by atomic mass is 10.0. The number of nitrogens with two attached hydrogens (primary N) is 1. The summed E-state index contributed by atoms with van der Waals surface area (Å²) >= 11 is 0. The molecule has 0 radical (unpaired) electrons. The van der Waals surface area contributed by atoms with Crippen molar-refractivity contribution < 1.29 is 17.6 Å². The molecule has 0 unspecified atom stereocenters. The molecular formula is C9H9F4N. The van der Waals surface area contributed by atoms with Crippen LogP contribution in [0.15, 0.2) is 18.2 Å². The van der Waals surface area contributed by atoms with Crippen molar-refractivity contribution in [2.75, 3.05) is 0 Å². The van der Waals surface area contributed by atoms with Crippen LogP contribution in [-0.4, -0.2) is 0 Å². The molecule has 1 aromatic rings. The minimum Gasteiger partial charge on any atom is -0.324 e. The number of rotatable bonds is 1. The Morgan fingerprint density at radius 2 is 1.86 bits per heavy atom. The second-order valence-electron chi connectivity index (χ2n) is 3.02. The van der Waals surface area contributed by atoms with Crippen LogP contribution >= 0.6 is 0 Å². The van der Waals surface area contributed by atoms with Crippen molar-refractivity contribution in [2.45, 2.75) is 19.1 Å². The number of halogens is 4. The topological polar surface area (TPSA) is 26.0 Å². The van der Waals surface area contributed by atoms with E-state index in [0.29, 0.717) is 6.07 Å². The first-order chi connectivity index (χ1) is 6.32. The summed E-state index contributed by atoms with van der Waals surface area (Å²) < 4.78 is 49.8. The molecule has 14 heavy (non-hydrogen) atoms. The third kappa shape index (κ3) is 2.23. The predicted molar refractivity (Wildman–Crippen MR) is 44.0 cm³/mol. The SMILES string of the molecule is C[C@H](N)c1cc(F)ccc1C(F)(F)F. The highest BCUT2D eigenvalue weighted by molar-refractivity contribution is 5.32. The van der Waals surface area contributed by atoms with Crippen molar-refractivity contribution in [3.8, 4) is 0 Å². The molecule has 1 atom stereocenters. The van der Waals surface area contributed by atoms with E-state index in [0.717, 1.165) is 12.1 Å². The summed E-state index contributed by atoms with van der Waals surface area (Å²) in [7, 11) is 0. The average Bonchev–Trinajstić information content (AvgIpc) is 2.01. The summed E-state index contributed by atoms with van der Waals surface area (Å²) in [5, 5.41) is 0. The van der Waals surface area contributed by atoms with Crippen molar-refractivity contribution in [1.29, 1.82) is 0 Å². The molecule has 0 saturated carbocycles. The van der Waals surface area contributed by atoms with Crippen LogP contribution in [-0.2, 0) is 6.18 Å². The van der Waals surface area contributed by atoms with E-state index in [-0.39, 0.29) is 5.56 Å². The Balaban J connectivity index is 3.29. The number of hydrogen-bond donors (Lipinski definition) is 1. The van der Waals surface area contributed by atoms with Gasteiger partial charge in [-0.15, -0.1) is 0 Å². The summed E-state index contributed by atoms with van der Waals surface area (Å²) in [6, 6.07) is 1.44. The largest absolute Gasteiger partial charge is 0.416 e. The first-order valence-corrected chi connectivity index (χ1v) is 3.94. The quantitative estimate of drug-likeness (QED) is 0.704. The molecule has 0 amide bonds. The Morgan fingerprint density at radius 1 is 1.29 bits per heavy atom. The van der Waals surface area contributed by atoms with E-state index in [1.807, 2.05) is 0 Å². The molecule has 0 fully saturated rings. The van der Waals surface area contributed by atoms with Gasteiger partial charge in [0, 0.05) is 6.04 Å². The zero-order valence-corrected chi connectivity index (χ0v) is 7.40. The smallest absolute Gasteiger partial charge is 0.324 e. The van der Waals surface area contributed by atoms with E-state index in [4.69, 9.17) is 5.73 Å². The van der Waals surface area contributed by atoms with Crippen molar-refractivity contribution in [1.82, 2.24) is 0 Å². The van der Waals surface area contributed by atoms with Gasteiger partial charge >= 0.3 is 6.18 Å². The van der Waals surface area contributed by atoms with Gasteiger partial charge in [0.15, 0.2) is 0 Å². The van der Waals surface area contributed by atoms with Crippen LogP contribution < -0.4 is 5.73 Å². The van der Waals surface area contributed by atoms with Crippen LogP contribution in [0.1, 0.15) is 24.1 Å². The molecule has 1 rings (SSSR count). The maximum absolute atomic E-state index is 12.7. The van der Waals surface area contributed by atoms with Gasteiger partial charge < -0.3 is 5.73 Å². The van der Waals surface area contributed by atoms with E-state index in [1.165, 1.54) is 6.92 Å². The summed E-state index contributed by atoms with van der Waals surface area (Å²) in [5.41, 5.74) is 4.21. The fraction of sp³-hybridized carbons (Fsp3) is 0.333. The van der Waals surface area contributed by atoms with E-state index < -0.39 is 23.6 Å². The van der Waals surface area contributed by atoms with Gasteiger partial charge in [-0.2, -0.15) is 13.2 Å². The Morgan fingerprint density at radius 3 is 2.29 bits per heavy atom. The standard InChI is InChI=1S/C9H9F4N/c1-5(14)7-4-6(10)2-3-8(7)9(11,12)13/h2-5H,14H2,1H3/t5-/m0/s1. The van der Waals surface area contributed by atoms with Crippen LogP contribution in [0.5, 0.6) is 0 Å². The lowest BCUT2D eigenvalue weighted by Gasteiger charge is -2.15. The van der Waals surface area contributed by atoms with Crippen LogP contribution in [0.2, 0.25) is 0 Å². The molecule has 1 aromatic carbocycles. The molecule has 1 nitrogen and oxygen atoms in total. The Labute approximate surface area is 78.5 Å². The first-order valence-electron chi connectivity index (χ1n) is 3.94. The van der Waals surface area contributed by atoms with E-state index >= 15 is 0 Å². The average molecular weight is 207 g/mol. The maximum Gasteiger partial charge on any atom is 0.416 e. The number of benzene rings is 1. The van der Waals surface area contributed by atoms with Crippen LogP contribution in [0.3, 0.4) is 0 Å². The Kier molecular flexibility index (Phi) is 2.80. The van der Waals surface area contributed by atoms with Gasteiger partial charge in [0.2, 0.25) is 0 Å². The van der Waals surface area contributed by atoms with Gasteiger partial charge in [-0.3, -0.25) is 0 Å². The number of hydrogen-bond acceptors (Lipinski definition) is 1. The molecule has 0 bridgehead atoms. The molecule has 0 aliphatic heterocycles. The molecule has 0 aliphatic carbocycles. The zero-order chi connectivity index (χ0) is 10.9. The highest BCUT2D eigenvalue weighted by Crippen LogP contribution is 2.34. The summed E-state index contributed by atoms with van der Waals surface area (Å²) in [6.07, 6.45) is -4.49. The van der Waals surface area contributed by atoms with E-state index in [9.17, 15) is 17.6 Å². The fourth-order valence-corrected chi connectivity index (χ4v) is 1.17. The van der Waals surface area contributed by atoms with Gasteiger partial charge in [-0.1, -0.05) is 0 Å². The van der Waals surface area contributed by atoms with E-state index in [1.54, 1.807) is 0 Å². The molecular weight excluding hydrogens is 198 g/mol. The van der Waals surface area contributed by atoms with Crippen molar-refractivity contribution in [3.05, 3.63) is 35.1 Å². The molecule has 0 aliphatic rings. The van der Waals surface area contributed by atoms with Crippen molar-refractivity contribution in [2.24, 2.45) is 5.73 Å². The molecule has 78 valence electrons. The highest BCUT2D eigenvalue weighted by atomic mass is 19.4. The highest BCUT2D eigenvalue weighted by Gasteiger charge is 2.34. The van der Waals surface area contributed by atoms with Gasteiger partial charge in [0.05, 0.1) is 5.56 Å². The normalized spacial score (nSPS) is 14.1. The van der Waals surface area contributed by atoms with Crippen LogP contribution in [0.25, 0.3) is 0 Å². The monoisotopic (exact) mass is 207 g/mol. The Hall–Kier alpha value is -1.10. The van der Waals surface area contributed by atoms with Crippen LogP contribution in [0, 0.1) is 5.82 Å². The number of alkyl halides is 3. The summed E-state index contributed by atoms with van der Waals surface area (Å²) in [5.74, 6) is -0.717. The summed E-state index contributed by atoms with van der Waals surface area (Å²) in [6.45, 7) is 1.38. The molecule has 2 N–H and O–H groups in total. The molecule has 0 spiro atoms. The van der Waals surface area contributed by atoms with Gasteiger partial charge in [-0.05, 0) is 30.7 Å². The van der Waals surface area contributed by atoms with Gasteiger partial charge in [0.25, 0.3) is 0 Å². The third-order valence-corrected chi connectivity index (χ3v) is 1.81. The summed E-state index contributed by atoms with van der Waals surface area (Å²) in [4.78, 5) is 0. The minimum absolute atomic E-state index is 0.225. The maximum atomic E-state index is 12.7. The molecule has 5 heteroatoms. The van der Waals surface area contributed by atoms with Crippen LogP contribution in [0.4, 0.5) is 17.6 Å². The van der Waals surface area contributed by atoms with Crippen molar-refractivity contribution in [3.63, 3.8) is 0 Å². The second-order valence-corrected chi connectivity index (χ2v) is 3.02. The van der Waals surface area contributed by atoms with Gasteiger partial charge in [0.1, 0.15) is 5.82 Å². The first kappa shape index (κ1) is 11.0. The van der Waals surface area contributed by atoms with Crippen molar-refractivity contribution >= 4 is 0 Å². The second kappa shape index (κ2) is 3.57. The molecule has 0 aromatic heterocycles. The molecule has 0 saturated heterocycles. The fourth-order valence-electron chi connectivity index (χ4n) is 1.17. The lowest BCUT2D eigenvalue weighted by Crippen LogP contribution is -2.15. The zero-order valence-electron chi connectivity index (χ0n) is 7.40. The van der Waals surface area contributed by atoms with E-state index in [2.05, 4.69) is 0 Å². The third-order valence-electron chi connectivity index (χ3n) is 1.81.